The Hall–Kier alpha value is -0.930. The molecule has 1 aliphatic heterocycles. The lowest BCUT2D eigenvalue weighted by Crippen LogP contribution is -1.88. The number of hydrogen-bond acceptors (Lipinski definition) is 2. The minimum absolute atomic E-state index is 0.332. The Kier molecular flexibility index (Phi) is 1.60. The molecule has 1 aliphatic rings. The Morgan fingerprint density at radius 1 is 1.27 bits per heavy atom. The van der Waals surface area contributed by atoms with Crippen LogP contribution in [0.1, 0.15) is 17.4 Å². The number of rotatable bonds is 2. The van der Waals surface area contributed by atoms with Crippen molar-refractivity contribution >= 4 is 0 Å². The lowest BCUT2D eigenvalue weighted by molar-refractivity contribution is 0.0850. The summed E-state index contributed by atoms with van der Waals surface area (Å²) in [5, 5.41) is 0. The predicted octanol–water partition coefficient (Wildman–Crippen LogP) is 2.12. The molecule has 1 aromatic rings. The quantitative estimate of drug-likeness (QED) is 0.481. The van der Waals surface area contributed by atoms with Crippen molar-refractivity contribution in [1.29, 1.82) is 0 Å². The van der Waals surface area contributed by atoms with Gasteiger partial charge < -0.3 is 0 Å². The van der Waals surface area contributed by atoms with E-state index >= 15 is 0 Å². The molecule has 2 rings (SSSR count). The topological polar surface area (TPSA) is 25.1 Å². The van der Waals surface area contributed by atoms with Gasteiger partial charge in [-0.15, -0.1) is 0 Å². The van der Waals surface area contributed by atoms with Crippen LogP contribution < -0.4 is 0 Å². The Morgan fingerprint density at radius 2 is 2.00 bits per heavy atom. The largest absolute Gasteiger partial charge is 0.250 e. The second kappa shape index (κ2) is 2.60. The highest BCUT2D eigenvalue weighted by atomic mass is 19.1. The second-order valence-corrected chi connectivity index (χ2v) is 2.36. The van der Waals surface area contributed by atoms with E-state index in [4.69, 9.17) is 0 Å². The minimum Gasteiger partial charge on any atom is -0.246 e. The van der Waals surface area contributed by atoms with Crippen LogP contribution in [-0.2, 0) is 16.4 Å². The molecule has 0 bridgehead atoms. The van der Waals surface area contributed by atoms with Gasteiger partial charge >= 0.3 is 0 Å². The molecule has 0 N–H and O–H groups in total. The van der Waals surface area contributed by atoms with E-state index in [1.807, 2.05) is 6.07 Å². The van der Waals surface area contributed by atoms with E-state index in [0.29, 0.717) is 5.56 Å². The molecule has 3 heteroatoms. The van der Waals surface area contributed by atoms with Gasteiger partial charge in [0.2, 0.25) is 6.29 Å². The van der Waals surface area contributed by atoms with Crippen LogP contribution in [0.3, 0.4) is 0 Å². The summed E-state index contributed by atoms with van der Waals surface area (Å²) in [6.45, 7) is -0.473. The molecule has 2 nitrogen and oxygen atoms in total. The molecule has 0 aromatic heterocycles. The monoisotopic (exact) mass is 154 g/mol. The standard InChI is InChI=1S/C8H7FO2/c9-5-6-3-1-2-4-7(6)8-10-11-8/h1-4,8H,5H2. The third kappa shape index (κ3) is 1.25. The first kappa shape index (κ1) is 6.76. The Morgan fingerprint density at radius 3 is 2.64 bits per heavy atom. The van der Waals surface area contributed by atoms with Crippen molar-refractivity contribution in [3.05, 3.63) is 35.4 Å². The van der Waals surface area contributed by atoms with Crippen molar-refractivity contribution in [3.8, 4) is 0 Å². The molecule has 58 valence electrons. The first-order valence-electron chi connectivity index (χ1n) is 3.37. The molecular formula is C8H7FO2. The lowest BCUT2D eigenvalue weighted by atomic mass is 10.1. The van der Waals surface area contributed by atoms with Crippen LogP contribution in [0.25, 0.3) is 0 Å². The molecule has 11 heavy (non-hydrogen) atoms. The van der Waals surface area contributed by atoms with Crippen LogP contribution in [0.5, 0.6) is 0 Å². The fourth-order valence-corrected chi connectivity index (χ4v) is 1.02. The maximum Gasteiger partial charge on any atom is 0.250 e. The van der Waals surface area contributed by atoms with Crippen molar-refractivity contribution in [3.63, 3.8) is 0 Å². The highest BCUT2D eigenvalue weighted by Crippen LogP contribution is 2.34. The van der Waals surface area contributed by atoms with Gasteiger partial charge in [0.25, 0.3) is 0 Å². The average molecular weight is 154 g/mol. The zero-order valence-corrected chi connectivity index (χ0v) is 5.79. The van der Waals surface area contributed by atoms with Crippen molar-refractivity contribution in [1.82, 2.24) is 0 Å². The molecule has 1 heterocycles. The van der Waals surface area contributed by atoms with E-state index in [1.165, 1.54) is 0 Å². The lowest BCUT2D eigenvalue weighted by Gasteiger charge is -1.98. The van der Waals surface area contributed by atoms with Gasteiger partial charge in [0.1, 0.15) is 6.67 Å². The third-order valence-corrected chi connectivity index (χ3v) is 1.65. The highest BCUT2D eigenvalue weighted by Gasteiger charge is 2.29. The zero-order chi connectivity index (χ0) is 7.68. The Bertz CT molecular complexity index is 258. The van der Waals surface area contributed by atoms with Gasteiger partial charge in [-0.05, 0) is 5.56 Å². The van der Waals surface area contributed by atoms with Gasteiger partial charge in [0, 0.05) is 5.56 Å². The van der Waals surface area contributed by atoms with Gasteiger partial charge in [-0.2, -0.15) is 9.78 Å². The number of benzene rings is 1. The molecule has 0 amide bonds. The average Bonchev–Trinajstić information content (AvgIpc) is 2.87. The van der Waals surface area contributed by atoms with Crippen molar-refractivity contribution in [2.24, 2.45) is 0 Å². The first-order valence-corrected chi connectivity index (χ1v) is 3.37. The predicted molar refractivity (Wildman–Crippen MR) is 36.2 cm³/mol. The highest BCUT2D eigenvalue weighted by molar-refractivity contribution is 5.28. The zero-order valence-electron chi connectivity index (χ0n) is 5.79. The summed E-state index contributed by atoms with van der Waals surface area (Å²) < 4.78 is 12.3. The van der Waals surface area contributed by atoms with Crippen molar-refractivity contribution in [2.45, 2.75) is 13.0 Å². The van der Waals surface area contributed by atoms with Crippen molar-refractivity contribution < 1.29 is 14.2 Å². The SMILES string of the molecule is FCc1ccccc1C1OO1. The smallest absolute Gasteiger partial charge is 0.246 e. The fourth-order valence-electron chi connectivity index (χ4n) is 1.02. The maximum absolute atomic E-state index is 12.3. The van der Waals surface area contributed by atoms with Crippen LogP contribution in [0.4, 0.5) is 4.39 Å². The molecule has 0 unspecified atom stereocenters. The minimum atomic E-state index is -0.473. The van der Waals surface area contributed by atoms with Gasteiger partial charge in [-0.1, -0.05) is 24.3 Å². The molecular weight excluding hydrogens is 147 g/mol. The summed E-state index contributed by atoms with van der Waals surface area (Å²) >= 11 is 0. The summed E-state index contributed by atoms with van der Waals surface area (Å²) in [7, 11) is 0. The van der Waals surface area contributed by atoms with E-state index in [9.17, 15) is 4.39 Å². The molecule has 1 saturated heterocycles. The third-order valence-electron chi connectivity index (χ3n) is 1.65. The molecule has 0 saturated carbocycles. The summed E-state index contributed by atoms with van der Waals surface area (Å²) in [5.41, 5.74) is 1.42. The van der Waals surface area contributed by atoms with Crippen LogP contribution in [0.15, 0.2) is 24.3 Å². The van der Waals surface area contributed by atoms with Gasteiger partial charge in [-0.25, -0.2) is 4.39 Å². The van der Waals surface area contributed by atoms with Crippen LogP contribution >= 0.6 is 0 Å². The first-order chi connectivity index (χ1) is 5.42. The molecule has 0 radical (unpaired) electrons. The molecule has 0 spiro atoms. The number of alkyl halides is 1. The van der Waals surface area contributed by atoms with E-state index in [0.717, 1.165) is 5.56 Å². The summed E-state index contributed by atoms with van der Waals surface area (Å²) in [5.74, 6) is 0. The maximum atomic E-state index is 12.3. The number of halogens is 1. The van der Waals surface area contributed by atoms with Crippen LogP contribution in [-0.4, -0.2) is 0 Å². The van der Waals surface area contributed by atoms with E-state index < -0.39 is 6.67 Å². The Balaban J connectivity index is 2.34. The fraction of sp³-hybridized carbons (Fsp3) is 0.250. The van der Waals surface area contributed by atoms with E-state index in [2.05, 4.69) is 9.78 Å². The summed E-state index contributed by atoms with van der Waals surface area (Å²) in [6.07, 6.45) is -0.332. The van der Waals surface area contributed by atoms with Crippen LogP contribution in [0, 0.1) is 0 Å². The summed E-state index contributed by atoms with van der Waals surface area (Å²) in [4.78, 5) is 9.14. The van der Waals surface area contributed by atoms with Crippen LogP contribution in [0.2, 0.25) is 0 Å². The van der Waals surface area contributed by atoms with Crippen molar-refractivity contribution in [2.75, 3.05) is 0 Å². The molecule has 1 fully saturated rings. The van der Waals surface area contributed by atoms with Gasteiger partial charge in [0.15, 0.2) is 0 Å². The van der Waals surface area contributed by atoms with E-state index in [1.54, 1.807) is 18.2 Å². The number of hydrogen-bond donors (Lipinski definition) is 0. The molecule has 0 aliphatic carbocycles. The Labute approximate surface area is 63.5 Å². The normalized spacial score (nSPS) is 16.8. The summed E-state index contributed by atoms with van der Waals surface area (Å²) in [6, 6.07) is 7.15. The van der Waals surface area contributed by atoms with Gasteiger partial charge in [0.05, 0.1) is 0 Å². The molecule has 0 atom stereocenters. The second-order valence-electron chi connectivity index (χ2n) is 2.36. The van der Waals surface area contributed by atoms with E-state index in [-0.39, 0.29) is 6.29 Å². The van der Waals surface area contributed by atoms with Gasteiger partial charge in [-0.3, -0.25) is 0 Å². The molecule has 1 aromatic carbocycles.